The summed E-state index contributed by atoms with van der Waals surface area (Å²) in [7, 11) is 0. The Kier molecular flexibility index (Phi) is 4.16. The summed E-state index contributed by atoms with van der Waals surface area (Å²) in [6, 6.07) is 4.29. The summed E-state index contributed by atoms with van der Waals surface area (Å²) in [5.41, 5.74) is 6.46. The summed E-state index contributed by atoms with van der Waals surface area (Å²) in [5.74, 6) is -1.13. The van der Waals surface area contributed by atoms with Gasteiger partial charge in [-0.05, 0) is 31.0 Å². The number of rotatable bonds is 4. The minimum Gasteiger partial charge on any atom is -0.481 e. The molecule has 6 heteroatoms. The predicted molar refractivity (Wildman–Crippen MR) is 65.7 cm³/mol. The largest absolute Gasteiger partial charge is 0.481 e. The first-order chi connectivity index (χ1) is 8.56. The normalized spacial score (nSPS) is 23.2. The standard InChI is InChI=1S/C12H14ClFN2O2/c13-7-1-3-10(14)9(5-7)11-6-8(15-16-11)2-4-12(17)18/h1,3,5,8,11,15-16H,2,4,6H2,(H,17,18). The molecule has 1 heterocycles. The van der Waals surface area contributed by atoms with Crippen molar-refractivity contribution in [2.45, 2.75) is 31.3 Å². The van der Waals surface area contributed by atoms with E-state index < -0.39 is 5.97 Å². The number of nitrogens with one attached hydrogen (secondary N) is 2. The molecule has 1 aromatic rings. The van der Waals surface area contributed by atoms with Crippen molar-refractivity contribution in [1.82, 2.24) is 10.9 Å². The fourth-order valence-corrected chi connectivity index (χ4v) is 2.28. The van der Waals surface area contributed by atoms with Crippen LogP contribution in [-0.2, 0) is 4.79 Å². The van der Waals surface area contributed by atoms with Crippen LogP contribution in [0.15, 0.2) is 18.2 Å². The third-order valence-electron chi connectivity index (χ3n) is 3.02. The van der Waals surface area contributed by atoms with Gasteiger partial charge >= 0.3 is 5.97 Å². The molecule has 18 heavy (non-hydrogen) atoms. The molecule has 1 aromatic carbocycles. The van der Waals surface area contributed by atoms with Gasteiger partial charge in [0.25, 0.3) is 0 Å². The van der Waals surface area contributed by atoms with Crippen molar-refractivity contribution in [3.63, 3.8) is 0 Å². The Balaban J connectivity index is 1.99. The molecule has 1 saturated heterocycles. The van der Waals surface area contributed by atoms with Crippen molar-refractivity contribution in [1.29, 1.82) is 0 Å². The minimum absolute atomic E-state index is 0.0319. The Labute approximate surface area is 109 Å². The lowest BCUT2D eigenvalue weighted by Gasteiger charge is -2.11. The van der Waals surface area contributed by atoms with Gasteiger partial charge in [-0.2, -0.15) is 0 Å². The number of halogens is 2. The highest BCUT2D eigenvalue weighted by Gasteiger charge is 2.27. The maximum absolute atomic E-state index is 13.6. The molecule has 2 unspecified atom stereocenters. The molecular weight excluding hydrogens is 259 g/mol. The summed E-state index contributed by atoms with van der Waals surface area (Å²) >= 11 is 5.84. The molecule has 0 amide bonds. The zero-order valence-electron chi connectivity index (χ0n) is 9.62. The van der Waals surface area contributed by atoms with E-state index in [4.69, 9.17) is 16.7 Å². The highest BCUT2D eigenvalue weighted by Crippen LogP contribution is 2.28. The van der Waals surface area contributed by atoms with E-state index in [9.17, 15) is 9.18 Å². The van der Waals surface area contributed by atoms with Gasteiger partial charge in [0, 0.05) is 23.0 Å². The summed E-state index contributed by atoms with van der Waals surface area (Å²) in [4.78, 5) is 10.5. The Morgan fingerprint density at radius 2 is 2.28 bits per heavy atom. The first-order valence-corrected chi connectivity index (χ1v) is 6.12. The van der Waals surface area contributed by atoms with Crippen LogP contribution in [0.3, 0.4) is 0 Å². The molecule has 0 spiro atoms. The number of hydrogen-bond acceptors (Lipinski definition) is 3. The second-order valence-electron chi connectivity index (χ2n) is 4.37. The number of carboxylic acids is 1. The molecule has 2 atom stereocenters. The van der Waals surface area contributed by atoms with Crippen LogP contribution in [0.1, 0.15) is 30.9 Å². The number of benzene rings is 1. The van der Waals surface area contributed by atoms with Crippen LogP contribution < -0.4 is 10.9 Å². The van der Waals surface area contributed by atoms with Crippen LogP contribution in [0.25, 0.3) is 0 Å². The zero-order chi connectivity index (χ0) is 13.1. The number of aliphatic carboxylic acids is 1. The summed E-state index contributed by atoms with van der Waals surface area (Å²) in [6.45, 7) is 0. The van der Waals surface area contributed by atoms with E-state index in [1.165, 1.54) is 12.1 Å². The van der Waals surface area contributed by atoms with Crippen molar-refractivity contribution in [2.24, 2.45) is 0 Å². The fourth-order valence-electron chi connectivity index (χ4n) is 2.09. The van der Waals surface area contributed by atoms with E-state index in [0.717, 1.165) is 0 Å². The summed E-state index contributed by atoms with van der Waals surface area (Å²) < 4.78 is 13.6. The molecule has 2 rings (SSSR count). The summed E-state index contributed by atoms with van der Waals surface area (Å²) in [6.07, 6.45) is 1.26. The predicted octanol–water partition coefficient (Wildman–Crippen LogP) is 2.25. The van der Waals surface area contributed by atoms with Gasteiger partial charge in [-0.1, -0.05) is 11.6 Å². The lowest BCUT2D eigenvalue weighted by Crippen LogP contribution is -2.31. The third-order valence-corrected chi connectivity index (χ3v) is 3.26. The number of hydrogen-bond donors (Lipinski definition) is 3. The average molecular weight is 273 g/mol. The molecule has 98 valence electrons. The number of carboxylic acid groups (broad SMARTS) is 1. The Bertz CT molecular complexity index is 456. The van der Waals surface area contributed by atoms with E-state index >= 15 is 0 Å². The zero-order valence-corrected chi connectivity index (χ0v) is 10.4. The van der Waals surface area contributed by atoms with Gasteiger partial charge in [0.15, 0.2) is 0 Å². The summed E-state index contributed by atoms with van der Waals surface area (Å²) in [5, 5.41) is 9.10. The molecule has 0 bridgehead atoms. The molecule has 4 nitrogen and oxygen atoms in total. The molecule has 0 radical (unpaired) electrons. The van der Waals surface area contributed by atoms with Crippen LogP contribution in [0.2, 0.25) is 5.02 Å². The molecule has 1 aliphatic heterocycles. The SMILES string of the molecule is O=C(O)CCC1CC(c2cc(Cl)ccc2F)NN1. The fraction of sp³-hybridized carbons (Fsp3) is 0.417. The minimum atomic E-state index is -0.825. The molecule has 1 fully saturated rings. The monoisotopic (exact) mass is 272 g/mol. The van der Waals surface area contributed by atoms with Crippen molar-refractivity contribution < 1.29 is 14.3 Å². The second kappa shape index (κ2) is 5.65. The Morgan fingerprint density at radius 3 is 3.00 bits per heavy atom. The molecular formula is C12H14ClFN2O2. The van der Waals surface area contributed by atoms with Crippen LogP contribution in [-0.4, -0.2) is 17.1 Å². The van der Waals surface area contributed by atoms with Gasteiger partial charge in [0.2, 0.25) is 0 Å². The molecule has 3 N–H and O–H groups in total. The van der Waals surface area contributed by atoms with Gasteiger partial charge in [-0.3, -0.25) is 10.2 Å². The van der Waals surface area contributed by atoms with E-state index in [2.05, 4.69) is 10.9 Å². The van der Waals surface area contributed by atoms with Gasteiger partial charge in [-0.25, -0.2) is 9.82 Å². The van der Waals surface area contributed by atoms with E-state index in [0.29, 0.717) is 23.4 Å². The molecule has 0 saturated carbocycles. The maximum atomic E-state index is 13.6. The molecule has 1 aliphatic rings. The first-order valence-electron chi connectivity index (χ1n) is 5.74. The van der Waals surface area contributed by atoms with Gasteiger partial charge < -0.3 is 5.11 Å². The van der Waals surface area contributed by atoms with Crippen molar-refractivity contribution in [3.05, 3.63) is 34.6 Å². The lowest BCUT2D eigenvalue weighted by molar-refractivity contribution is -0.137. The first kappa shape index (κ1) is 13.3. The van der Waals surface area contributed by atoms with Crippen LogP contribution in [0.5, 0.6) is 0 Å². The number of carbonyl (C=O) groups is 1. The molecule has 0 aliphatic carbocycles. The maximum Gasteiger partial charge on any atom is 0.303 e. The highest BCUT2D eigenvalue weighted by atomic mass is 35.5. The van der Waals surface area contributed by atoms with Gasteiger partial charge in [0.1, 0.15) is 5.82 Å². The average Bonchev–Trinajstić information content (AvgIpc) is 2.78. The van der Waals surface area contributed by atoms with Crippen molar-refractivity contribution in [3.8, 4) is 0 Å². The van der Waals surface area contributed by atoms with Gasteiger partial charge in [-0.15, -0.1) is 0 Å². The topological polar surface area (TPSA) is 61.4 Å². The van der Waals surface area contributed by atoms with Crippen molar-refractivity contribution in [2.75, 3.05) is 0 Å². The second-order valence-corrected chi connectivity index (χ2v) is 4.81. The van der Waals surface area contributed by atoms with E-state index in [-0.39, 0.29) is 24.3 Å². The van der Waals surface area contributed by atoms with E-state index in [1.807, 2.05) is 0 Å². The highest BCUT2D eigenvalue weighted by molar-refractivity contribution is 6.30. The number of hydrazine groups is 1. The third kappa shape index (κ3) is 3.19. The van der Waals surface area contributed by atoms with Crippen LogP contribution in [0, 0.1) is 5.82 Å². The lowest BCUT2D eigenvalue weighted by atomic mass is 9.99. The van der Waals surface area contributed by atoms with Crippen LogP contribution >= 0.6 is 11.6 Å². The van der Waals surface area contributed by atoms with E-state index in [1.54, 1.807) is 6.07 Å². The quantitative estimate of drug-likeness (QED) is 0.787. The van der Waals surface area contributed by atoms with Crippen LogP contribution in [0.4, 0.5) is 4.39 Å². The molecule has 0 aromatic heterocycles. The van der Waals surface area contributed by atoms with Gasteiger partial charge in [0.05, 0.1) is 6.04 Å². The smallest absolute Gasteiger partial charge is 0.303 e. The van der Waals surface area contributed by atoms with Crippen molar-refractivity contribution >= 4 is 17.6 Å². The Hall–Kier alpha value is -1.17. The Morgan fingerprint density at radius 1 is 1.50 bits per heavy atom.